The van der Waals surface area contributed by atoms with Gasteiger partial charge >= 0.3 is 6.09 Å². The van der Waals surface area contributed by atoms with Gasteiger partial charge in [-0.05, 0) is 57.9 Å². The Morgan fingerprint density at radius 2 is 1.88 bits per heavy atom. The minimum atomic E-state index is -3.74. The number of amides is 1. The summed E-state index contributed by atoms with van der Waals surface area (Å²) in [5, 5.41) is 3.02. The Hall–Kier alpha value is -2.98. The van der Waals surface area contributed by atoms with Crippen LogP contribution < -0.4 is 10.0 Å². The third kappa shape index (κ3) is 6.51. The fraction of sp³-hybridized carbons (Fsp3) is 0.409. The van der Waals surface area contributed by atoms with E-state index in [0.29, 0.717) is 31.0 Å². The van der Waals surface area contributed by atoms with Gasteiger partial charge in [0.15, 0.2) is 0 Å². The largest absolute Gasteiger partial charge is 0.444 e. The minimum absolute atomic E-state index is 0.139. The topological polar surface area (TPSA) is 114 Å². The number of nitrogens with zero attached hydrogens (tertiary/aromatic N) is 3. The molecule has 1 fully saturated rings. The number of rotatable bonds is 6. The zero-order valence-electron chi connectivity index (χ0n) is 18.5. The van der Waals surface area contributed by atoms with Crippen LogP contribution in [0.3, 0.4) is 0 Å². The second-order valence-corrected chi connectivity index (χ2v) is 10.3. The van der Waals surface area contributed by atoms with Crippen molar-refractivity contribution in [3.05, 3.63) is 48.8 Å². The maximum absolute atomic E-state index is 12.8. The fourth-order valence-corrected chi connectivity index (χ4v) is 4.47. The van der Waals surface area contributed by atoms with E-state index in [1.54, 1.807) is 56.3 Å². The lowest BCUT2D eigenvalue weighted by molar-refractivity contribution is 0.0195. The molecule has 1 aliphatic rings. The predicted molar refractivity (Wildman–Crippen MR) is 123 cm³/mol. The highest BCUT2D eigenvalue weighted by molar-refractivity contribution is 7.89. The molecule has 32 heavy (non-hydrogen) atoms. The molecule has 2 aromatic rings. The molecule has 1 atom stereocenters. The maximum atomic E-state index is 12.8. The first-order chi connectivity index (χ1) is 15.1. The molecular weight excluding hydrogens is 430 g/mol. The molecule has 0 saturated carbocycles. The molecule has 3 rings (SSSR count). The zero-order valence-corrected chi connectivity index (χ0v) is 19.4. The summed E-state index contributed by atoms with van der Waals surface area (Å²) in [6, 6.07) is 5.94. The van der Waals surface area contributed by atoms with Crippen molar-refractivity contribution in [2.45, 2.75) is 50.2 Å². The van der Waals surface area contributed by atoms with Gasteiger partial charge in [-0.1, -0.05) is 12.7 Å². The smallest absolute Gasteiger partial charge is 0.410 e. The lowest BCUT2D eigenvalue weighted by Crippen LogP contribution is -2.50. The number of sulfonamides is 1. The van der Waals surface area contributed by atoms with Crippen molar-refractivity contribution in [3.63, 3.8) is 0 Å². The quantitative estimate of drug-likeness (QED) is 0.679. The van der Waals surface area contributed by atoms with E-state index < -0.39 is 21.7 Å². The van der Waals surface area contributed by atoms with Gasteiger partial charge in [-0.3, -0.25) is 0 Å². The lowest BCUT2D eigenvalue weighted by Gasteiger charge is -2.34. The van der Waals surface area contributed by atoms with E-state index >= 15 is 0 Å². The Kier molecular flexibility index (Phi) is 7.15. The summed E-state index contributed by atoms with van der Waals surface area (Å²) in [4.78, 5) is 22.4. The number of hydrogen-bond acceptors (Lipinski definition) is 7. The van der Waals surface area contributed by atoms with Crippen LogP contribution >= 0.6 is 0 Å². The van der Waals surface area contributed by atoms with Crippen molar-refractivity contribution in [3.8, 4) is 0 Å². The number of nitrogens with one attached hydrogen (secondary N) is 2. The molecule has 172 valence electrons. The van der Waals surface area contributed by atoms with Gasteiger partial charge in [0, 0.05) is 42.8 Å². The van der Waals surface area contributed by atoms with Crippen LogP contribution in [0.15, 0.2) is 48.1 Å². The number of anilines is 2. The zero-order chi connectivity index (χ0) is 23.4. The van der Waals surface area contributed by atoms with Crippen LogP contribution in [-0.2, 0) is 14.8 Å². The minimum Gasteiger partial charge on any atom is -0.444 e. The molecule has 1 aromatic heterocycles. The average molecular weight is 460 g/mol. The predicted octanol–water partition coefficient (Wildman–Crippen LogP) is 3.54. The van der Waals surface area contributed by atoms with Crippen LogP contribution in [-0.4, -0.2) is 54.1 Å². The highest BCUT2D eigenvalue weighted by Gasteiger charge is 2.30. The van der Waals surface area contributed by atoms with Crippen LogP contribution in [0.5, 0.6) is 0 Å². The van der Waals surface area contributed by atoms with Crippen molar-refractivity contribution < 1.29 is 17.9 Å². The number of carbonyl (C=O) groups is 1. The third-order valence-corrected chi connectivity index (χ3v) is 6.26. The number of piperidine rings is 1. The summed E-state index contributed by atoms with van der Waals surface area (Å²) in [6.07, 6.45) is 5.83. The molecule has 0 radical (unpaired) electrons. The monoisotopic (exact) mass is 459 g/mol. The molecule has 1 aromatic carbocycles. The fourth-order valence-electron chi connectivity index (χ4n) is 3.21. The lowest BCUT2D eigenvalue weighted by atomic mass is 10.1. The first kappa shape index (κ1) is 23.7. The maximum Gasteiger partial charge on any atom is 0.410 e. The molecule has 2 N–H and O–H groups in total. The second kappa shape index (κ2) is 9.66. The summed E-state index contributed by atoms with van der Waals surface area (Å²) >= 11 is 0. The number of carbonyl (C=O) groups excluding carboxylic acids is 1. The first-order valence-electron chi connectivity index (χ1n) is 10.4. The third-order valence-electron chi connectivity index (χ3n) is 4.72. The number of ether oxygens (including phenoxy) is 1. The van der Waals surface area contributed by atoms with E-state index in [0.717, 1.165) is 5.56 Å². The molecule has 0 spiro atoms. The van der Waals surface area contributed by atoms with Crippen LogP contribution in [0.1, 0.15) is 39.2 Å². The Morgan fingerprint density at radius 3 is 2.47 bits per heavy atom. The SMILES string of the molecule is C=Cc1cnc(Nc2ccc(S(=O)(=O)NC3CCCN(C(=O)OC(C)(C)C)C3)cc2)nc1. The Bertz CT molecular complexity index is 1050. The van der Waals surface area contributed by atoms with Crippen LogP contribution in [0.4, 0.5) is 16.4 Å². The van der Waals surface area contributed by atoms with Gasteiger partial charge in [-0.2, -0.15) is 0 Å². The van der Waals surface area contributed by atoms with Crippen molar-refractivity contribution in [1.29, 1.82) is 0 Å². The van der Waals surface area contributed by atoms with Gasteiger partial charge in [0.25, 0.3) is 0 Å². The Balaban J connectivity index is 1.62. The molecule has 1 amide bonds. The Labute approximate surface area is 189 Å². The number of hydrogen-bond donors (Lipinski definition) is 2. The normalized spacial score (nSPS) is 17.0. The summed E-state index contributed by atoms with van der Waals surface area (Å²) in [5.74, 6) is 0.397. The molecule has 10 heteroatoms. The first-order valence-corrected chi connectivity index (χ1v) is 11.9. The molecule has 0 aliphatic carbocycles. The van der Waals surface area contributed by atoms with Crippen molar-refractivity contribution in [1.82, 2.24) is 19.6 Å². The number of likely N-dealkylation sites (tertiary alicyclic amines) is 1. The Morgan fingerprint density at radius 1 is 1.22 bits per heavy atom. The molecular formula is C22H29N5O4S. The summed E-state index contributed by atoms with van der Waals surface area (Å²) in [7, 11) is -3.74. The van der Waals surface area contributed by atoms with E-state index in [-0.39, 0.29) is 17.5 Å². The van der Waals surface area contributed by atoms with E-state index in [9.17, 15) is 13.2 Å². The van der Waals surface area contributed by atoms with E-state index in [2.05, 4.69) is 26.6 Å². The average Bonchev–Trinajstić information content (AvgIpc) is 2.73. The second-order valence-electron chi connectivity index (χ2n) is 8.58. The molecule has 1 unspecified atom stereocenters. The van der Waals surface area contributed by atoms with Gasteiger partial charge in [-0.25, -0.2) is 27.9 Å². The van der Waals surface area contributed by atoms with Gasteiger partial charge < -0.3 is 15.0 Å². The standard InChI is InChI=1S/C22H29N5O4S/c1-5-16-13-23-20(24-14-16)25-17-8-10-19(11-9-17)32(29,30)26-18-7-6-12-27(15-18)21(28)31-22(2,3)4/h5,8-11,13-14,18,26H,1,6-7,12,15H2,2-4H3,(H,23,24,25). The number of aromatic nitrogens is 2. The molecule has 1 aliphatic heterocycles. The van der Waals surface area contributed by atoms with Crippen molar-refractivity contribution in [2.75, 3.05) is 18.4 Å². The van der Waals surface area contributed by atoms with Gasteiger partial charge in [0.05, 0.1) is 4.90 Å². The molecule has 1 saturated heterocycles. The van der Waals surface area contributed by atoms with Gasteiger partial charge in [0.1, 0.15) is 5.60 Å². The van der Waals surface area contributed by atoms with Crippen molar-refractivity contribution in [2.24, 2.45) is 0 Å². The van der Waals surface area contributed by atoms with Crippen LogP contribution in [0, 0.1) is 0 Å². The van der Waals surface area contributed by atoms with Gasteiger partial charge in [-0.15, -0.1) is 0 Å². The summed E-state index contributed by atoms with van der Waals surface area (Å²) in [5.41, 5.74) is 0.859. The summed E-state index contributed by atoms with van der Waals surface area (Å²) < 4.78 is 33.8. The summed E-state index contributed by atoms with van der Waals surface area (Å²) in [6.45, 7) is 9.88. The van der Waals surface area contributed by atoms with E-state index in [1.807, 2.05) is 0 Å². The van der Waals surface area contributed by atoms with E-state index in [4.69, 9.17) is 4.74 Å². The highest BCUT2D eigenvalue weighted by atomic mass is 32.2. The highest BCUT2D eigenvalue weighted by Crippen LogP contribution is 2.20. The van der Waals surface area contributed by atoms with Crippen molar-refractivity contribution >= 4 is 33.8 Å². The number of benzene rings is 1. The van der Waals surface area contributed by atoms with Gasteiger partial charge in [0.2, 0.25) is 16.0 Å². The molecule has 2 heterocycles. The van der Waals surface area contributed by atoms with Crippen LogP contribution in [0.25, 0.3) is 6.08 Å². The van der Waals surface area contributed by atoms with Crippen LogP contribution in [0.2, 0.25) is 0 Å². The molecule has 9 nitrogen and oxygen atoms in total. The molecule has 0 bridgehead atoms. The van der Waals surface area contributed by atoms with E-state index in [1.165, 1.54) is 12.1 Å².